The number of aliphatic hydroxyl groups excluding tert-OH is 4. The molecule has 0 radical (unpaired) electrons. The summed E-state index contributed by atoms with van der Waals surface area (Å²) in [7, 11) is -10.7. The quantitative estimate of drug-likeness (QED) is 0.0133. The zero-order chi connectivity index (χ0) is 45.4. The lowest BCUT2D eigenvalue weighted by molar-refractivity contribution is -0.216. The summed E-state index contributed by atoms with van der Waals surface area (Å²) in [4.78, 5) is 54.2. The Morgan fingerprint density at radius 1 is 0.508 bits per heavy atom. The predicted molar refractivity (Wildman–Crippen MR) is 232 cm³/mol. The maximum Gasteiger partial charge on any atom is 0.472 e. The molecule has 0 heterocycles. The van der Waals surface area contributed by atoms with Crippen LogP contribution in [-0.4, -0.2) is 103 Å². The van der Waals surface area contributed by atoms with Gasteiger partial charge >= 0.3 is 27.6 Å². The first kappa shape index (κ1) is 57.5. The van der Waals surface area contributed by atoms with Crippen LogP contribution in [0.15, 0.2) is 24.3 Å². The maximum atomic E-state index is 13.0. The molecule has 16 nitrogen and oxygen atoms in total. The lowest BCUT2D eigenvalue weighted by atomic mass is 9.85. The average Bonchev–Trinajstić information content (AvgIpc) is 3.21. The van der Waals surface area contributed by atoms with Crippen LogP contribution in [0.5, 0.6) is 0 Å². The van der Waals surface area contributed by atoms with Gasteiger partial charge in [0.25, 0.3) is 0 Å². The Labute approximate surface area is 364 Å². The maximum absolute atomic E-state index is 13.0. The van der Waals surface area contributed by atoms with Crippen LogP contribution >= 0.6 is 15.6 Å². The van der Waals surface area contributed by atoms with E-state index in [-0.39, 0.29) is 12.8 Å². The van der Waals surface area contributed by atoms with Gasteiger partial charge in [0.05, 0.1) is 6.61 Å². The van der Waals surface area contributed by atoms with Crippen LogP contribution in [0.1, 0.15) is 181 Å². The number of phosphoric ester groups is 2. The first-order valence-electron chi connectivity index (χ1n) is 22.9. The Bertz CT molecular complexity index is 1290. The molecule has 1 aliphatic carbocycles. The normalized spacial score (nSPS) is 22.4. The second-order valence-corrected chi connectivity index (χ2v) is 18.7. The lowest BCUT2D eigenvalue weighted by Gasteiger charge is -2.43. The predicted octanol–water partition coefficient (Wildman–Crippen LogP) is 8.17. The van der Waals surface area contributed by atoms with Crippen molar-refractivity contribution in [3.8, 4) is 0 Å². The fourth-order valence-corrected chi connectivity index (χ4v) is 8.44. The summed E-state index contributed by atoms with van der Waals surface area (Å²) in [6.07, 6.45) is 20.0. The molecule has 0 aromatic heterocycles. The van der Waals surface area contributed by atoms with Gasteiger partial charge in [0.15, 0.2) is 6.10 Å². The summed E-state index contributed by atoms with van der Waals surface area (Å²) in [5.41, 5.74) is 0. The molecule has 0 aromatic rings. The Morgan fingerprint density at radius 3 is 1.36 bits per heavy atom. The molecular weight excluding hydrogens is 834 g/mol. The highest BCUT2D eigenvalue weighted by Gasteiger charge is 2.54. The fraction of sp³-hybridized carbons (Fsp3) is 0.860. The van der Waals surface area contributed by atoms with Crippen molar-refractivity contribution >= 4 is 27.6 Å². The topological polar surface area (TPSA) is 256 Å². The first-order chi connectivity index (χ1) is 29.1. The van der Waals surface area contributed by atoms with E-state index in [0.29, 0.717) is 12.8 Å². The van der Waals surface area contributed by atoms with Crippen LogP contribution in [-0.2, 0) is 41.8 Å². The third-order valence-corrected chi connectivity index (χ3v) is 12.0. The molecule has 8 atom stereocenters. The van der Waals surface area contributed by atoms with Crippen LogP contribution in [0.2, 0.25) is 0 Å². The zero-order valence-corrected chi connectivity index (χ0v) is 38.6. The standard InChI is InChI=1S/C43H80O16P2/c1-3-5-7-9-11-13-15-17-18-20-22-24-26-28-30-32-37(45)57-35(33-55-36(44)31-29-27-25-23-21-19-16-14-12-10-8-6-4-2)34-56-61(53,54)59-43-40(48)38(46)39(47)42(41(43)49)58-60(50,51)52/h14,16-18,35,38-43,46-49H,3-13,15,19-34H2,1-2H3,(H,53,54)(H2,50,51,52). The van der Waals surface area contributed by atoms with Crippen molar-refractivity contribution in [1.82, 2.24) is 0 Å². The zero-order valence-electron chi connectivity index (χ0n) is 36.8. The molecule has 7 N–H and O–H groups in total. The lowest BCUT2D eigenvalue weighted by Crippen LogP contribution is -2.64. The largest absolute Gasteiger partial charge is 0.472 e. The van der Waals surface area contributed by atoms with Gasteiger partial charge in [0.1, 0.15) is 43.2 Å². The molecular formula is C43H80O16P2. The van der Waals surface area contributed by atoms with Crippen molar-refractivity contribution in [2.75, 3.05) is 13.2 Å². The Kier molecular flexibility index (Phi) is 32.8. The van der Waals surface area contributed by atoms with E-state index in [4.69, 9.17) is 28.3 Å². The number of allylic oxidation sites excluding steroid dienone is 4. The van der Waals surface area contributed by atoms with Gasteiger partial charge < -0.3 is 44.6 Å². The van der Waals surface area contributed by atoms with E-state index in [1.54, 1.807) is 0 Å². The molecule has 0 amide bonds. The van der Waals surface area contributed by atoms with Crippen molar-refractivity contribution < 1.29 is 76.9 Å². The Hall–Kier alpha value is -1.52. The number of phosphoric acid groups is 2. The SMILES string of the molecule is CCCCCCC=CCCCCCCCC(=O)OCC(COP(=O)(O)OC1C(O)C(O)C(O)C(OP(=O)(O)O)C1O)OC(=O)CCCCCCCC=CCCCCCCCC. The Morgan fingerprint density at radius 2 is 0.902 bits per heavy atom. The summed E-state index contributed by atoms with van der Waals surface area (Å²) < 4.78 is 49.3. The van der Waals surface area contributed by atoms with Crippen molar-refractivity contribution in [3.63, 3.8) is 0 Å². The van der Waals surface area contributed by atoms with Crippen LogP contribution in [0, 0.1) is 0 Å². The third-order valence-electron chi connectivity index (χ3n) is 10.5. The van der Waals surface area contributed by atoms with E-state index >= 15 is 0 Å². The number of hydrogen-bond donors (Lipinski definition) is 7. The second kappa shape index (κ2) is 34.8. The monoisotopic (exact) mass is 914 g/mol. The van der Waals surface area contributed by atoms with Crippen LogP contribution in [0.4, 0.5) is 0 Å². The molecule has 0 spiro atoms. The molecule has 8 unspecified atom stereocenters. The van der Waals surface area contributed by atoms with E-state index in [1.165, 1.54) is 64.2 Å². The molecule has 1 aliphatic rings. The van der Waals surface area contributed by atoms with Gasteiger partial charge in [0, 0.05) is 12.8 Å². The molecule has 18 heteroatoms. The van der Waals surface area contributed by atoms with E-state index in [2.05, 4.69) is 42.7 Å². The minimum absolute atomic E-state index is 0.0340. The Balaban J connectivity index is 2.63. The number of unbranched alkanes of at least 4 members (excludes halogenated alkanes) is 20. The van der Waals surface area contributed by atoms with Crippen LogP contribution < -0.4 is 0 Å². The number of carbonyl (C=O) groups is 2. The summed E-state index contributed by atoms with van der Waals surface area (Å²) in [6.45, 7) is 3.07. The summed E-state index contributed by atoms with van der Waals surface area (Å²) >= 11 is 0. The van der Waals surface area contributed by atoms with Gasteiger partial charge in [0.2, 0.25) is 0 Å². The number of carbonyl (C=O) groups excluding carboxylic acids is 2. The van der Waals surface area contributed by atoms with Gasteiger partial charge in [-0.3, -0.25) is 23.2 Å². The van der Waals surface area contributed by atoms with Gasteiger partial charge in [-0.05, 0) is 64.2 Å². The number of rotatable bonds is 38. The molecule has 61 heavy (non-hydrogen) atoms. The smallest absolute Gasteiger partial charge is 0.462 e. The molecule has 0 aromatic carbocycles. The number of ether oxygens (including phenoxy) is 2. The second-order valence-electron chi connectivity index (χ2n) is 16.1. The summed E-state index contributed by atoms with van der Waals surface area (Å²) in [5.74, 6) is -1.22. The van der Waals surface area contributed by atoms with Crippen LogP contribution in [0.25, 0.3) is 0 Å². The molecule has 0 aliphatic heterocycles. The third kappa shape index (κ3) is 29.5. The molecule has 0 saturated heterocycles. The fourth-order valence-electron chi connectivity index (χ4n) is 6.90. The van der Waals surface area contributed by atoms with Crippen molar-refractivity contribution in [2.24, 2.45) is 0 Å². The van der Waals surface area contributed by atoms with Gasteiger partial charge in [-0.25, -0.2) is 9.13 Å². The molecule has 1 rings (SSSR count). The van der Waals surface area contributed by atoms with E-state index in [9.17, 15) is 44.0 Å². The number of esters is 2. The van der Waals surface area contributed by atoms with E-state index in [1.807, 2.05) is 0 Å². The minimum atomic E-state index is -5.36. The molecule has 1 saturated carbocycles. The highest BCUT2D eigenvalue weighted by molar-refractivity contribution is 7.47. The van der Waals surface area contributed by atoms with Gasteiger partial charge in [-0.15, -0.1) is 0 Å². The number of aliphatic hydroxyl groups is 4. The molecule has 358 valence electrons. The van der Waals surface area contributed by atoms with Crippen molar-refractivity contribution in [3.05, 3.63) is 24.3 Å². The van der Waals surface area contributed by atoms with Crippen LogP contribution in [0.3, 0.4) is 0 Å². The van der Waals surface area contributed by atoms with Crippen molar-refractivity contribution in [1.29, 1.82) is 0 Å². The summed E-state index contributed by atoms with van der Waals surface area (Å²) in [5, 5.41) is 41.2. The molecule has 0 bridgehead atoms. The first-order valence-corrected chi connectivity index (χ1v) is 25.9. The van der Waals surface area contributed by atoms with Gasteiger partial charge in [-0.1, -0.05) is 128 Å². The highest BCUT2D eigenvalue weighted by Crippen LogP contribution is 2.49. The average molecular weight is 915 g/mol. The number of hydrogen-bond acceptors (Lipinski definition) is 13. The van der Waals surface area contributed by atoms with Crippen molar-refractivity contribution in [2.45, 2.75) is 224 Å². The van der Waals surface area contributed by atoms with E-state index < -0.39 is 83.5 Å². The van der Waals surface area contributed by atoms with Gasteiger partial charge in [-0.2, -0.15) is 0 Å². The molecule has 1 fully saturated rings. The highest BCUT2D eigenvalue weighted by atomic mass is 31.2. The minimum Gasteiger partial charge on any atom is -0.462 e. The van der Waals surface area contributed by atoms with E-state index in [0.717, 1.165) is 77.0 Å². The summed E-state index contributed by atoms with van der Waals surface area (Å²) in [6, 6.07) is 0.